The average molecular weight is 281 g/mol. The lowest BCUT2D eigenvalue weighted by molar-refractivity contribution is -0.151. The van der Waals surface area contributed by atoms with Crippen molar-refractivity contribution in [2.45, 2.75) is 103 Å². The van der Waals surface area contributed by atoms with Crippen LogP contribution in [0, 0.1) is 5.41 Å². The van der Waals surface area contributed by atoms with E-state index in [9.17, 15) is 0 Å². The molecule has 0 amide bonds. The van der Waals surface area contributed by atoms with E-state index in [1.165, 1.54) is 64.2 Å². The molecule has 2 heteroatoms. The van der Waals surface area contributed by atoms with Crippen LogP contribution in [0.1, 0.15) is 85.0 Å². The summed E-state index contributed by atoms with van der Waals surface area (Å²) >= 11 is 0. The first-order valence-corrected chi connectivity index (χ1v) is 9.10. The molecule has 0 saturated heterocycles. The van der Waals surface area contributed by atoms with Gasteiger partial charge in [-0.15, -0.1) is 0 Å². The quantitative estimate of drug-likeness (QED) is 0.653. The Balaban J connectivity index is 1.84. The predicted molar refractivity (Wildman–Crippen MR) is 86.1 cm³/mol. The summed E-state index contributed by atoms with van der Waals surface area (Å²) < 4.78 is 6.04. The lowest BCUT2D eigenvalue weighted by Gasteiger charge is -2.58. The van der Waals surface area contributed by atoms with E-state index in [2.05, 4.69) is 26.1 Å². The summed E-state index contributed by atoms with van der Waals surface area (Å²) in [4.78, 5) is 0. The van der Waals surface area contributed by atoms with E-state index in [0.717, 1.165) is 12.6 Å². The lowest BCUT2D eigenvalue weighted by Crippen LogP contribution is -2.65. The molecule has 2 nitrogen and oxygen atoms in total. The Morgan fingerprint density at radius 2 is 1.90 bits per heavy atom. The predicted octanol–water partition coefficient (Wildman–Crippen LogP) is 4.67. The Morgan fingerprint density at radius 1 is 1.15 bits per heavy atom. The minimum absolute atomic E-state index is 0.479. The standard InChI is InChI=1S/C18H35NO/c1-4-6-8-11-15(3)19-16-14-17(20-5-2)18(16)12-9-7-10-13-18/h15-17,19H,4-14H2,1-3H3. The van der Waals surface area contributed by atoms with Crippen molar-refractivity contribution in [3.8, 4) is 0 Å². The van der Waals surface area contributed by atoms with Crippen LogP contribution in [0.4, 0.5) is 0 Å². The van der Waals surface area contributed by atoms with Crippen LogP contribution in [0.15, 0.2) is 0 Å². The van der Waals surface area contributed by atoms with Crippen LogP contribution in [0.5, 0.6) is 0 Å². The van der Waals surface area contributed by atoms with Gasteiger partial charge in [0.2, 0.25) is 0 Å². The highest BCUT2D eigenvalue weighted by Gasteiger charge is 2.55. The third-order valence-corrected chi connectivity index (χ3v) is 5.66. The van der Waals surface area contributed by atoms with Crippen molar-refractivity contribution in [2.75, 3.05) is 6.61 Å². The van der Waals surface area contributed by atoms with Crippen LogP contribution in [0.3, 0.4) is 0 Å². The molecule has 1 spiro atoms. The molecular formula is C18H35NO. The first kappa shape index (κ1) is 16.3. The fourth-order valence-electron chi connectivity index (χ4n) is 4.42. The Kier molecular flexibility index (Phi) is 6.35. The van der Waals surface area contributed by atoms with Crippen molar-refractivity contribution < 1.29 is 4.74 Å². The molecule has 0 aliphatic heterocycles. The van der Waals surface area contributed by atoms with Gasteiger partial charge in [-0.25, -0.2) is 0 Å². The van der Waals surface area contributed by atoms with E-state index in [1.807, 2.05) is 0 Å². The Hall–Kier alpha value is -0.0800. The Bertz CT molecular complexity index is 273. The highest BCUT2D eigenvalue weighted by atomic mass is 16.5. The monoisotopic (exact) mass is 281 g/mol. The van der Waals surface area contributed by atoms with Gasteiger partial charge in [-0.2, -0.15) is 0 Å². The first-order valence-electron chi connectivity index (χ1n) is 9.10. The molecule has 2 fully saturated rings. The SMILES string of the molecule is CCCCCC(C)NC1CC(OCC)C12CCCCC2. The summed E-state index contributed by atoms with van der Waals surface area (Å²) in [6.07, 6.45) is 14.2. The van der Waals surface area contributed by atoms with Crippen molar-refractivity contribution in [1.82, 2.24) is 5.32 Å². The second kappa shape index (κ2) is 7.79. The van der Waals surface area contributed by atoms with Gasteiger partial charge in [0, 0.05) is 24.1 Å². The minimum Gasteiger partial charge on any atom is -0.378 e. The maximum Gasteiger partial charge on any atom is 0.0661 e. The second-order valence-corrected chi connectivity index (χ2v) is 7.09. The maximum absolute atomic E-state index is 6.04. The lowest BCUT2D eigenvalue weighted by atomic mass is 9.55. The highest BCUT2D eigenvalue weighted by Crippen LogP contribution is 2.53. The average Bonchev–Trinajstić information content (AvgIpc) is 2.47. The van der Waals surface area contributed by atoms with Gasteiger partial charge < -0.3 is 10.1 Å². The molecule has 0 bridgehead atoms. The normalized spacial score (nSPS) is 30.1. The molecule has 20 heavy (non-hydrogen) atoms. The fourth-order valence-corrected chi connectivity index (χ4v) is 4.42. The third-order valence-electron chi connectivity index (χ3n) is 5.66. The molecule has 2 aliphatic carbocycles. The van der Waals surface area contributed by atoms with Crippen molar-refractivity contribution >= 4 is 0 Å². The Labute approximate surface area is 126 Å². The third kappa shape index (κ3) is 3.57. The van der Waals surface area contributed by atoms with Crippen LogP contribution in [-0.2, 0) is 4.74 Å². The zero-order valence-electron chi connectivity index (χ0n) is 13.9. The molecule has 0 heterocycles. The van der Waals surface area contributed by atoms with Crippen LogP contribution < -0.4 is 5.32 Å². The molecule has 2 aliphatic rings. The molecule has 2 rings (SSSR count). The molecule has 0 aromatic rings. The van der Waals surface area contributed by atoms with Crippen LogP contribution in [0.25, 0.3) is 0 Å². The molecule has 0 radical (unpaired) electrons. The number of nitrogens with one attached hydrogen (secondary N) is 1. The van der Waals surface area contributed by atoms with Crippen LogP contribution in [-0.4, -0.2) is 24.8 Å². The topological polar surface area (TPSA) is 21.3 Å². The molecule has 0 aromatic heterocycles. The summed E-state index contributed by atoms with van der Waals surface area (Å²) in [5, 5.41) is 3.94. The van der Waals surface area contributed by atoms with E-state index < -0.39 is 0 Å². The van der Waals surface area contributed by atoms with Crippen molar-refractivity contribution in [3.63, 3.8) is 0 Å². The summed E-state index contributed by atoms with van der Waals surface area (Å²) in [7, 11) is 0. The van der Waals surface area contributed by atoms with Crippen molar-refractivity contribution in [2.24, 2.45) is 5.41 Å². The largest absolute Gasteiger partial charge is 0.378 e. The van der Waals surface area contributed by atoms with Gasteiger partial charge in [0.05, 0.1) is 6.10 Å². The van der Waals surface area contributed by atoms with E-state index in [-0.39, 0.29) is 0 Å². The fraction of sp³-hybridized carbons (Fsp3) is 1.00. The van der Waals surface area contributed by atoms with Crippen molar-refractivity contribution in [3.05, 3.63) is 0 Å². The minimum atomic E-state index is 0.479. The number of rotatable bonds is 8. The van der Waals surface area contributed by atoms with Crippen molar-refractivity contribution in [1.29, 1.82) is 0 Å². The first-order chi connectivity index (χ1) is 9.73. The van der Waals surface area contributed by atoms with Gasteiger partial charge in [0.1, 0.15) is 0 Å². The highest BCUT2D eigenvalue weighted by molar-refractivity contribution is 5.09. The van der Waals surface area contributed by atoms with E-state index in [4.69, 9.17) is 4.74 Å². The molecule has 2 saturated carbocycles. The molecule has 1 N–H and O–H groups in total. The molecule has 118 valence electrons. The van der Waals surface area contributed by atoms with E-state index in [0.29, 0.717) is 17.6 Å². The molecule has 3 atom stereocenters. The van der Waals surface area contributed by atoms with Gasteiger partial charge >= 0.3 is 0 Å². The van der Waals surface area contributed by atoms with E-state index >= 15 is 0 Å². The zero-order valence-corrected chi connectivity index (χ0v) is 13.9. The van der Waals surface area contributed by atoms with Gasteiger partial charge in [-0.1, -0.05) is 45.4 Å². The molecule has 0 aromatic carbocycles. The van der Waals surface area contributed by atoms with Crippen LogP contribution >= 0.6 is 0 Å². The number of unbranched alkanes of at least 4 members (excludes halogenated alkanes) is 2. The van der Waals surface area contributed by atoms with Gasteiger partial charge in [0.15, 0.2) is 0 Å². The summed E-state index contributed by atoms with van der Waals surface area (Å²) in [5.74, 6) is 0. The summed E-state index contributed by atoms with van der Waals surface area (Å²) in [6, 6.07) is 1.39. The van der Waals surface area contributed by atoms with E-state index in [1.54, 1.807) is 0 Å². The summed E-state index contributed by atoms with van der Waals surface area (Å²) in [6.45, 7) is 7.68. The number of hydrogen-bond acceptors (Lipinski definition) is 2. The molecular weight excluding hydrogens is 246 g/mol. The molecule has 3 unspecified atom stereocenters. The number of hydrogen-bond donors (Lipinski definition) is 1. The Morgan fingerprint density at radius 3 is 2.55 bits per heavy atom. The van der Waals surface area contributed by atoms with Gasteiger partial charge in [-0.05, 0) is 39.5 Å². The zero-order chi connectivity index (χ0) is 14.4. The second-order valence-electron chi connectivity index (χ2n) is 7.09. The van der Waals surface area contributed by atoms with Gasteiger partial charge in [0.25, 0.3) is 0 Å². The van der Waals surface area contributed by atoms with Crippen LogP contribution in [0.2, 0.25) is 0 Å². The smallest absolute Gasteiger partial charge is 0.0661 e. The summed E-state index contributed by atoms with van der Waals surface area (Å²) in [5.41, 5.74) is 0.479. The number of ether oxygens (including phenoxy) is 1. The maximum atomic E-state index is 6.04. The van der Waals surface area contributed by atoms with Gasteiger partial charge in [-0.3, -0.25) is 0 Å².